The Labute approximate surface area is 158 Å². The Kier molecular flexibility index (Phi) is 5.31. The average Bonchev–Trinajstić information content (AvgIpc) is 3.06. The highest BCUT2D eigenvalue weighted by Gasteiger charge is 2.35. The van der Waals surface area contributed by atoms with Gasteiger partial charge in [0.25, 0.3) is 0 Å². The third kappa shape index (κ3) is 4.02. The molecular formula is C18H26N6O3. The van der Waals surface area contributed by atoms with Crippen molar-refractivity contribution in [3.05, 3.63) is 29.7 Å². The molecule has 2 aromatic heterocycles. The van der Waals surface area contributed by atoms with Crippen molar-refractivity contribution < 1.29 is 14.6 Å². The molecular weight excluding hydrogens is 348 g/mol. The van der Waals surface area contributed by atoms with E-state index in [1.54, 1.807) is 30.9 Å². The van der Waals surface area contributed by atoms with E-state index in [0.717, 1.165) is 5.56 Å². The van der Waals surface area contributed by atoms with E-state index in [-0.39, 0.29) is 0 Å². The van der Waals surface area contributed by atoms with E-state index in [0.29, 0.717) is 50.2 Å². The van der Waals surface area contributed by atoms with Crippen LogP contribution in [-0.4, -0.2) is 64.2 Å². The van der Waals surface area contributed by atoms with Gasteiger partial charge in [0, 0.05) is 57.3 Å². The Hall–Kier alpha value is -2.68. The number of aromatic nitrogens is 4. The van der Waals surface area contributed by atoms with Crippen LogP contribution in [0.2, 0.25) is 0 Å². The van der Waals surface area contributed by atoms with Crippen LogP contribution < -0.4 is 9.80 Å². The van der Waals surface area contributed by atoms with E-state index in [4.69, 9.17) is 9.72 Å². The summed E-state index contributed by atoms with van der Waals surface area (Å²) in [5.41, 5.74) is 0.565. The summed E-state index contributed by atoms with van der Waals surface area (Å²) < 4.78 is 7.18. The van der Waals surface area contributed by atoms with Gasteiger partial charge in [0.1, 0.15) is 5.82 Å². The van der Waals surface area contributed by atoms with E-state index < -0.39 is 11.4 Å². The van der Waals surface area contributed by atoms with Crippen LogP contribution in [0.25, 0.3) is 0 Å². The monoisotopic (exact) mass is 374 g/mol. The first-order valence-electron chi connectivity index (χ1n) is 8.91. The molecule has 0 spiro atoms. The van der Waals surface area contributed by atoms with Crippen LogP contribution in [0.1, 0.15) is 25.0 Å². The number of carboxylic acids is 1. The van der Waals surface area contributed by atoms with Gasteiger partial charge in [-0.05, 0) is 13.8 Å². The van der Waals surface area contributed by atoms with Gasteiger partial charge in [-0.3, -0.25) is 9.48 Å². The highest BCUT2D eigenvalue weighted by Crippen LogP contribution is 2.32. The SMILES string of the molecule is CN(Cc1cnn(C)c1)c1ncc(C(C)(C)C(=O)O)c(N2CCOCC2)n1. The maximum Gasteiger partial charge on any atom is 0.313 e. The van der Waals surface area contributed by atoms with Gasteiger partial charge in [-0.2, -0.15) is 10.1 Å². The number of morpholine rings is 1. The van der Waals surface area contributed by atoms with E-state index >= 15 is 0 Å². The van der Waals surface area contributed by atoms with Crippen LogP contribution in [-0.2, 0) is 28.5 Å². The molecule has 2 aromatic rings. The van der Waals surface area contributed by atoms with Crippen molar-refractivity contribution >= 4 is 17.7 Å². The minimum absolute atomic E-state index is 0.547. The van der Waals surface area contributed by atoms with Gasteiger partial charge in [-0.15, -0.1) is 0 Å². The van der Waals surface area contributed by atoms with Gasteiger partial charge < -0.3 is 19.6 Å². The Morgan fingerprint density at radius 3 is 2.63 bits per heavy atom. The Balaban J connectivity index is 1.95. The van der Waals surface area contributed by atoms with Gasteiger partial charge in [-0.25, -0.2) is 4.98 Å². The lowest BCUT2D eigenvalue weighted by Crippen LogP contribution is -2.40. The topological polar surface area (TPSA) is 96.6 Å². The first kappa shape index (κ1) is 19.1. The van der Waals surface area contributed by atoms with Crippen molar-refractivity contribution in [2.75, 3.05) is 43.2 Å². The maximum atomic E-state index is 11.8. The van der Waals surface area contributed by atoms with Gasteiger partial charge in [-0.1, -0.05) is 0 Å². The summed E-state index contributed by atoms with van der Waals surface area (Å²) >= 11 is 0. The minimum atomic E-state index is -1.09. The predicted molar refractivity (Wildman–Crippen MR) is 101 cm³/mol. The van der Waals surface area contributed by atoms with Crippen LogP contribution >= 0.6 is 0 Å². The van der Waals surface area contributed by atoms with Crippen LogP contribution in [0.5, 0.6) is 0 Å². The molecule has 27 heavy (non-hydrogen) atoms. The first-order valence-corrected chi connectivity index (χ1v) is 8.91. The molecule has 9 nitrogen and oxygen atoms in total. The largest absolute Gasteiger partial charge is 0.481 e. The van der Waals surface area contributed by atoms with Crippen LogP contribution in [0.15, 0.2) is 18.6 Å². The van der Waals surface area contributed by atoms with Gasteiger partial charge in [0.15, 0.2) is 0 Å². The normalized spacial score (nSPS) is 15.0. The van der Waals surface area contributed by atoms with Crippen molar-refractivity contribution in [1.82, 2.24) is 19.7 Å². The Morgan fingerprint density at radius 1 is 1.33 bits per heavy atom. The summed E-state index contributed by atoms with van der Waals surface area (Å²) in [7, 11) is 3.78. The number of carbonyl (C=O) groups is 1. The smallest absolute Gasteiger partial charge is 0.313 e. The molecule has 0 unspecified atom stereocenters. The number of carboxylic acid groups (broad SMARTS) is 1. The number of ether oxygens (including phenoxy) is 1. The van der Waals surface area contributed by atoms with E-state index in [9.17, 15) is 9.90 Å². The molecule has 1 saturated heterocycles. The standard InChI is InChI=1S/C18H26N6O3/c1-18(2,16(25)26)14-10-19-17(21-15(14)24-5-7-27-8-6-24)22(3)11-13-9-20-23(4)12-13/h9-10,12H,5-8,11H2,1-4H3,(H,25,26). The van der Waals surface area contributed by atoms with E-state index in [1.165, 1.54) is 0 Å². The molecule has 9 heteroatoms. The second-order valence-electron chi connectivity index (χ2n) is 7.32. The number of aliphatic carboxylic acids is 1. The molecule has 3 rings (SSSR count). The summed E-state index contributed by atoms with van der Waals surface area (Å²) in [6.45, 7) is 6.50. The molecule has 0 amide bonds. The fourth-order valence-electron chi connectivity index (χ4n) is 3.02. The van der Waals surface area contributed by atoms with E-state index in [2.05, 4.69) is 15.0 Å². The molecule has 1 N–H and O–H groups in total. The van der Waals surface area contributed by atoms with Gasteiger partial charge in [0.05, 0.1) is 24.8 Å². The molecule has 0 aliphatic carbocycles. The molecule has 146 valence electrons. The van der Waals surface area contributed by atoms with Gasteiger partial charge in [0.2, 0.25) is 5.95 Å². The molecule has 1 fully saturated rings. The lowest BCUT2D eigenvalue weighted by Gasteiger charge is -2.33. The van der Waals surface area contributed by atoms with Crippen molar-refractivity contribution in [3.8, 4) is 0 Å². The first-order chi connectivity index (χ1) is 12.8. The third-order valence-corrected chi connectivity index (χ3v) is 4.79. The second-order valence-corrected chi connectivity index (χ2v) is 7.32. The Bertz CT molecular complexity index is 813. The van der Waals surface area contributed by atoms with Crippen molar-refractivity contribution in [2.24, 2.45) is 7.05 Å². The van der Waals surface area contributed by atoms with Crippen molar-refractivity contribution in [1.29, 1.82) is 0 Å². The second kappa shape index (κ2) is 7.51. The number of rotatable bonds is 6. The zero-order valence-electron chi connectivity index (χ0n) is 16.2. The molecule has 0 atom stereocenters. The fourth-order valence-corrected chi connectivity index (χ4v) is 3.02. The van der Waals surface area contributed by atoms with Crippen LogP contribution in [0.4, 0.5) is 11.8 Å². The van der Waals surface area contributed by atoms with Crippen LogP contribution in [0.3, 0.4) is 0 Å². The highest BCUT2D eigenvalue weighted by atomic mass is 16.5. The maximum absolute atomic E-state index is 11.8. The molecule has 1 aliphatic heterocycles. The van der Waals surface area contributed by atoms with Crippen molar-refractivity contribution in [2.45, 2.75) is 25.8 Å². The Morgan fingerprint density at radius 2 is 2.04 bits per heavy atom. The summed E-state index contributed by atoms with van der Waals surface area (Å²) in [6.07, 6.45) is 5.39. The summed E-state index contributed by atoms with van der Waals surface area (Å²) in [4.78, 5) is 25.0. The number of aryl methyl sites for hydroxylation is 1. The molecule has 1 aliphatic rings. The lowest BCUT2D eigenvalue weighted by molar-refractivity contribution is -0.142. The number of hydrogen-bond acceptors (Lipinski definition) is 7. The molecule has 0 radical (unpaired) electrons. The third-order valence-electron chi connectivity index (χ3n) is 4.79. The molecule has 0 bridgehead atoms. The average molecular weight is 374 g/mol. The summed E-state index contributed by atoms with van der Waals surface area (Å²) in [6, 6.07) is 0. The van der Waals surface area contributed by atoms with Crippen LogP contribution in [0, 0.1) is 0 Å². The molecule has 0 aromatic carbocycles. The summed E-state index contributed by atoms with van der Waals surface area (Å²) in [5.74, 6) is 0.302. The minimum Gasteiger partial charge on any atom is -0.481 e. The molecule has 3 heterocycles. The number of anilines is 2. The number of nitrogens with zero attached hydrogens (tertiary/aromatic N) is 6. The number of hydrogen-bond donors (Lipinski definition) is 1. The predicted octanol–water partition coefficient (Wildman–Crippen LogP) is 1.05. The molecule has 0 saturated carbocycles. The quantitative estimate of drug-likeness (QED) is 0.801. The fraction of sp³-hybridized carbons (Fsp3) is 0.556. The van der Waals surface area contributed by atoms with Gasteiger partial charge >= 0.3 is 5.97 Å². The highest BCUT2D eigenvalue weighted by molar-refractivity contribution is 5.82. The summed E-state index contributed by atoms with van der Waals surface area (Å²) in [5, 5.41) is 13.9. The lowest BCUT2D eigenvalue weighted by atomic mass is 9.85. The zero-order chi connectivity index (χ0) is 19.6. The zero-order valence-corrected chi connectivity index (χ0v) is 16.2. The van der Waals surface area contributed by atoms with E-state index in [1.807, 2.05) is 25.2 Å². The van der Waals surface area contributed by atoms with Crippen molar-refractivity contribution in [3.63, 3.8) is 0 Å².